The Bertz CT molecular complexity index is 981. The molecule has 0 radical (unpaired) electrons. The number of nitrogens with one attached hydrogen (secondary N) is 1. The van der Waals surface area contributed by atoms with Crippen LogP contribution in [0.2, 0.25) is 5.02 Å². The number of nitriles is 1. The van der Waals surface area contributed by atoms with Gasteiger partial charge in [-0.2, -0.15) is 18.4 Å². The van der Waals surface area contributed by atoms with Crippen LogP contribution in [0, 0.1) is 11.3 Å². The fourth-order valence-corrected chi connectivity index (χ4v) is 2.63. The average Bonchev–Trinajstić information content (AvgIpc) is 3.08. The van der Waals surface area contributed by atoms with Crippen molar-refractivity contribution in [2.45, 2.75) is 6.18 Å². The monoisotopic (exact) mass is 394 g/mol. The largest absolute Gasteiger partial charge is 0.454 e. The SMILES string of the molecule is N#C/C(=C\c1cc(Cl)c2c(c1)OCO2)C(=O)Nc1cccc(C(F)(F)F)c1. The number of alkyl halides is 3. The molecule has 1 aliphatic rings. The first-order chi connectivity index (χ1) is 12.8. The van der Waals surface area contributed by atoms with Crippen LogP contribution in [-0.2, 0) is 11.0 Å². The summed E-state index contributed by atoms with van der Waals surface area (Å²) in [7, 11) is 0. The molecule has 1 aliphatic heterocycles. The fourth-order valence-electron chi connectivity index (χ4n) is 2.36. The van der Waals surface area contributed by atoms with Gasteiger partial charge in [-0.3, -0.25) is 4.79 Å². The number of nitrogens with zero attached hydrogens (tertiary/aromatic N) is 1. The molecule has 0 bridgehead atoms. The summed E-state index contributed by atoms with van der Waals surface area (Å²) in [5, 5.41) is 11.8. The van der Waals surface area contributed by atoms with E-state index in [2.05, 4.69) is 5.32 Å². The predicted molar refractivity (Wildman–Crippen MR) is 91.2 cm³/mol. The maximum absolute atomic E-state index is 12.8. The van der Waals surface area contributed by atoms with Gasteiger partial charge in [0, 0.05) is 5.69 Å². The Balaban J connectivity index is 1.84. The molecule has 5 nitrogen and oxygen atoms in total. The van der Waals surface area contributed by atoms with E-state index >= 15 is 0 Å². The van der Waals surface area contributed by atoms with Crippen LogP contribution in [0.25, 0.3) is 6.08 Å². The number of benzene rings is 2. The van der Waals surface area contributed by atoms with E-state index in [4.69, 9.17) is 21.1 Å². The summed E-state index contributed by atoms with van der Waals surface area (Å²) in [6, 6.07) is 8.83. The molecule has 0 saturated carbocycles. The molecule has 2 aromatic rings. The van der Waals surface area contributed by atoms with Gasteiger partial charge in [-0.05, 0) is 42.0 Å². The fraction of sp³-hybridized carbons (Fsp3) is 0.111. The Labute approximate surface area is 156 Å². The maximum Gasteiger partial charge on any atom is 0.416 e. The van der Waals surface area contributed by atoms with Crippen molar-refractivity contribution in [2.24, 2.45) is 0 Å². The van der Waals surface area contributed by atoms with Gasteiger partial charge in [0.05, 0.1) is 10.6 Å². The van der Waals surface area contributed by atoms with Gasteiger partial charge in [0.15, 0.2) is 11.5 Å². The van der Waals surface area contributed by atoms with Gasteiger partial charge < -0.3 is 14.8 Å². The zero-order valence-electron chi connectivity index (χ0n) is 13.4. The Hall–Kier alpha value is -3.18. The van der Waals surface area contributed by atoms with Gasteiger partial charge in [-0.1, -0.05) is 17.7 Å². The lowest BCUT2D eigenvalue weighted by Gasteiger charge is -2.09. The standard InChI is InChI=1S/C18H10ClF3N2O3/c19-14-5-10(6-15-16(14)27-9-26-15)4-11(8-23)17(25)24-13-3-1-2-12(7-13)18(20,21)22/h1-7H,9H2,(H,24,25)/b11-4+. The normalized spacial score (nSPS) is 13.2. The van der Waals surface area contributed by atoms with E-state index in [1.807, 2.05) is 0 Å². The molecule has 0 unspecified atom stereocenters. The Morgan fingerprint density at radius 2 is 2.04 bits per heavy atom. The first kappa shape index (κ1) is 18.6. The van der Waals surface area contributed by atoms with Crippen LogP contribution in [0.15, 0.2) is 42.0 Å². The molecule has 2 aromatic carbocycles. The third-order valence-electron chi connectivity index (χ3n) is 3.57. The number of anilines is 1. The molecule has 0 aliphatic carbocycles. The lowest BCUT2D eigenvalue weighted by Crippen LogP contribution is -2.14. The van der Waals surface area contributed by atoms with Crippen molar-refractivity contribution >= 4 is 29.3 Å². The van der Waals surface area contributed by atoms with Crippen LogP contribution >= 0.6 is 11.6 Å². The van der Waals surface area contributed by atoms with Crippen LogP contribution in [0.1, 0.15) is 11.1 Å². The second-order valence-corrected chi connectivity index (χ2v) is 5.85. The third kappa shape index (κ3) is 4.15. The van der Waals surface area contributed by atoms with Gasteiger partial charge in [0.1, 0.15) is 11.6 Å². The van der Waals surface area contributed by atoms with E-state index in [0.717, 1.165) is 18.2 Å². The van der Waals surface area contributed by atoms with Crippen LogP contribution in [0.4, 0.5) is 18.9 Å². The molecule has 1 amide bonds. The molecule has 0 atom stereocenters. The number of carbonyl (C=O) groups excluding carboxylic acids is 1. The first-order valence-corrected chi connectivity index (χ1v) is 7.85. The van der Waals surface area contributed by atoms with Gasteiger partial charge in [-0.15, -0.1) is 0 Å². The molecule has 27 heavy (non-hydrogen) atoms. The van der Waals surface area contributed by atoms with E-state index in [1.165, 1.54) is 24.3 Å². The number of halogens is 4. The number of hydrogen-bond donors (Lipinski definition) is 1. The summed E-state index contributed by atoms with van der Waals surface area (Å²) in [6.07, 6.45) is -3.30. The zero-order valence-corrected chi connectivity index (χ0v) is 14.2. The van der Waals surface area contributed by atoms with Gasteiger partial charge in [0.25, 0.3) is 5.91 Å². The van der Waals surface area contributed by atoms with Crippen molar-refractivity contribution in [3.8, 4) is 17.6 Å². The highest BCUT2D eigenvalue weighted by Gasteiger charge is 2.30. The van der Waals surface area contributed by atoms with E-state index in [0.29, 0.717) is 17.1 Å². The molecule has 138 valence electrons. The lowest BCUT2D eigenvalue weighted by molar-refractivity contribution is -0.137. The van der Waals surface area contributed by atoms with Gasteiger partial charge in [0.2, 0.25) is 6.79 Å². The minimum Gasteiger partial charge on any atom is -0.454 e. The summed E-state index contributed by atoms with van der Waals surface area (Å²) >= 11 is 6.05. The summed E-state index contributed by atoms with van der Waals surface area (Å²) < 4.78 is 48.6. The molecular weight excluding hydrogens is 385 g/mol. The quantitative estimate of drug-likeness (QED) is 0.608. The predicted octanol–water partition coefficient (Wildman–Crippen LogP) is 4.63. The highest BCUT2D eigenvalue weighted by Crippen LogP contribution is 2.40. The molecule has 0 spiro atoms. The Kier molecular flexibility index (Phi) is 4.97. The van der Waals surface area contributed by atoms with Crippen molar-refractivity contribution < 1.29 is 27.4 Å². The molecule has 0 aromatic heterocycles. The third-order valence-corrected chi connectivity index (χ3v) is 3.85. The number of carbonyl (C=O) groups is 1. The van der Waals surface area contributed by atoms with Crippen molar-refractivity contribution in [2.75, 3.05) is 12.1 Å². The zero-order chi connectivity index (χ0) is 19.6. The smallest absolute Gasteiger partial charge is 0.416 e. The molecule has 1 heterocycles. The van der Waals surface area contributed by atoms with Crippen LogP contribution < -0.4 is 14.8 Å². The minimum atomic E-state index is -4.54. The average molecular weight is 395 g/mol. The summed E-state index contributed by atoms with van der Waals surface area (Å²) in [4.78, 5) is 12.3. The minimum absolute atomic E-state index is 0.00333. The number of ether oxygens (including phenoxy) is 2. The topological polar surface area (TPSA) is 71.3 Å². The van der Waals surface area contributed by atoms with Gasteiger partial charge >= 0.3 is 6.18 Å². The van der Waals surface area contributed by atoms with Crippen molar-refractivity contribution in [1.29, 1.82) is 5.26 Å². The molecule has 1 N–H and O–H groups in total. The van der Waals surface area contributed by atoms with Crippen LogP contribution in [0.5, 0.6) is 11.5 Å². The van der Waals surface area contributed by atoms with E-state index < -0.39 is 17.6 Å². The molecule has 0 saturated heterocycles. The van der Waals surface area contributed by atoms with E-state index in [-0.39, 0.29) is 23.1 Å². The van der Waals surface area contributed by atoms with Crippen LogP contribution in [-0.4, -0.2) is 12.7 Å². The number of hydrogen-bond acceptors (Lipinski definition) is 4. The second kappa shape index (κ2) is 7.21. The maximum atomic E-state index is 12.8. The molecular formula is C18H10ClF3N2O3. The van der Waals surface area contributed by atoms with E-state index in [1.54, 1.807) is 6.07 Å². The highest BCUT2D eigenvalue weighted by atomic mass is 35.5. The van der Waals surface area contributed by atoms with E-state index in [9.17, 15) is 23.2 Å². The van der Waals surface area contributed by atoms with Gasteiger partial charge in [-0.25, -0.2) is 0 Å². The number of amides is 1. The summed E-state index contributed by atoms with van der Waals surface area (Å²) in [5.41, 5.74) is -0.910. The Morgan fingerprint density at radius 1 is 1.26 bits per heavy atom. The van der Waals surface area contributed by atoms with Crippen molar-refractivity contribution in [1.82, 2.24) is 0 Å². The van der Waals surface area contributed by atoms with Crippen molar-refractivity contribution in [3.05, 3.63) is 58.1 Å². The molecule has 3 rings (SSSR count). The summed E-state index contributed by atoms with van der Waals surface area (Å²) in [5.74, 6) is -0.129. The van der Waals surface area contributed by atoms with Crippen LogP contribution in [0.3, 0.4) is 0 Å². The van der Waals surface area contributed by atoms with Crippen molar-refractivity contribution in [3.63, 3.8) is 0 Å². The first-order valence-electron chi connectivity index (χ1n) is 7.47. The number of fused-ring (bicyclic) bond motifs is 1. The molecule has 9 heteroatoms. The summed E-state index contributed by atoms with van der Waals surface area (Å²) in [6.45, 7) is 0.00333. The number of rotatable bonds is 3. The molecule has 0 fully saturated rings. The highest BCUT2D eigenvalue weighted by molar-refractivity contribution is 6.32. The second-order valence-electron chi connectivity index (χ2n) is 5.44. The Morgan fingerprint density at radius 3 is 2.74 bits per heavy atom. The lowest BCUT2D eigenvalue weighted by atomic mass is 10.1.